The molecule has 8 N–H and O–H groups in total. The molecule has 2 aromatic carbocycles. The van der Waals surface area contributed by atoms with Crippen LogP contribution in [0.3, 0.4) is 0 Å². The topological polar surface area (TPSA) is 104 Å². The fraction of sp³-hybridized carbons (Fsp3) is 0.304. The van der Waals surface area contributed by atoms with Crippen LogP contribution in [-0.2, 0) is 0 Å². The molecule has 0 saturated carbocycles. The Morgan fingerprint density at radius 2 is 1.24 bits per heavy atom. The molecule has 0 heterocycles. The van der Waals surface area contributed by atoms with Crippen molar-refractivity contribution in [2.75, 3.05) is 11.5 Å². The predicted octanol–water partition coefficient (Wildman–Crippen LogP) is 4.98. The van der Waals surface area contributed by atoms with Crippen molar-refractivity contribution in [2.45, 2.75) is 47.1 Å². The van der Waals surface area contributed by atoms with Crippen molar-refractivity contribution in [1.29, 1.82) is 0 Å². The van der Waals surface area contributed by atoms with Crippen LogP contribution in [-0.4, -0.2) is 9.62 Å². The molecule has 4 nitrogen and oxygen atoms in total. The van der Waals surface area contributed by atoms with Crippen LogP contribution in [0.2, 0.25) is 0 Å². The number of thioether (sulfide) groups is 2. The fourth-order valence-corrected chi connectivity index (χ4v) is 6.51. The Morgan fingerprint density at radius 3 is 1.72 bits per heavy atom. The summed E-state index contributed by atoms with van der Waals surface area (Å²) in [6, 6.07) is 15.6. The molecule has 1 aliphatic rings. The van der Waals surface area contributed by atoms with Gasteiger partial charge in [-0.05, 0) is 48.3 Å². The molecule has 0 bridgehead atoms. The predicted molar refractivity (Wildman–Crippen MR) is 129 cm³/mol. The van der Waals surface area contributed by atoms with Gasteiger partial charge in [-0.3, -0.25) is 0 Å². The molecule has 0 amide bonds. The first-order valence-electron chi connectivity index (χ1n) is 9.54. The van der Waals surface area contributed by atoms with E-state index in [4.69, 9.17) is 22.9 Å². The molecule has 0 spiro atoms. The fourth-order valence-electron chi connectivity index (χ4n) is 3.56. The number of hydrogen-bond donors (Lipinski definition) is 4. The monoisotopic (exact) mass is 426 g/mol. The number of nitrogens with two attached hydrogens (primary N) is 4. The summed E-state index contributed by atoms with van der Waals surface area (Å²) in [7, 11) is 0. The second kappa shape index (κ2) is 7.67. The number of allylic oxidation sites excluding steroid dienone is 2. The summed E-state index contributed by atoms with van der Waals surface area (Å²) in [6.45, 7) is 8.62. The summed E-state index contributed by atoms with van der Waals surface area (Å²) < 4.78 is -0.646. The number of benzene rings is 2. The average molecular weight is 427 g/mol. The van der Waals surface area contributed by atoms with E-state index >= 15 is 0 Å². The Labute approximate surface area is 182 Å². The highest BCUT2D eigenvalue weighted by atomic mass is 32.2. The van der Waals surface area contributed by atoms with E-state index in [2.05, 4.69) is 33.8 Å². The average Bonchev–Trinajstić information content (AvgIpc) is 2.63. The lowest BCUT2D eigenvalue weighted by Gasteiger charge is -2.52. The number of rotatable bonds is 4. The van der Waals surface area contributed by atoms with Gasteiger partial charge in [0.1, 0.15) is 4.87 Å². The molecule has 0 fully saturated rings. The van der Waals surface area contributed by atoms with Crippen molar-refractivity contribution in [2.24, 2.45) is 16.9 Å². The second-order valence-corrected chi connectivity index (χ2v) is 11.2. The van der Waals surface area contributed by atoms with Crippen LogP contribution in [0.1, 0.15) is 27.7 Å². The van der Waals surface area contributed by atoms with Crippen molar-refractivity contribution < 1.29 is 0 Å². The Hall–Kier alpha value is -2.02. The largest absolute Gasteiger partial charge is 0.401 e. The zero-order chi connectivity index (χ0) is 21.4. The molecule has 0 aliphatic heterocycles. The Kier molecular flexibility index (Phi) is 5.73. The van der Waals surface area contributed by atoms with Crippen LogP contribution in [0.25, 0.3) is 0 Å². The molecule has 154 valence electrons. The van der Waals surface area contributed by atoms with E-state index in [9.17, 15) is 0 Å². The zero-order valence-corrected chi connectivity index (χ0v) is 19.0. The van der Waals surface area contributed by atoms with Gasteiger partial charge in [0.05, 0.1) is 4.75 Å². The summed E-state index contributed by atoms with van der Waals surface area (Å²) in [5.74, 6) is 0. The normalized spacial score (nSPS) is 24.7. The Bertz CT molecular complexity index is 977. The van der Waals surface area contributed by atoms with Crippen LogP contribution in [0.5, 0.6) is 0 Å². The minimum atomic E-state index is -0.841. The van der Waals surface area contributed by atoms with Crippen molar-refractivity contribution in [3.05, 3.63) is 72.0 Å². The highest BCUT2D eigenvalue weighted by Crippen LogP contribution is 2.58. The molecular weight excluding hydrogens is 396 g/mol. The first-order chi connectivity index (χ1) is 13.5. The number of hydrogen-bond acceptors (Lipinski definition) is 6. The third-order valence-electron chi connectivity index (χ3n) is 5.32. The van der Waals surface area contributed by atoms with E-state index < -0.39 is 9.62 Å². The van der Waals surface area contributed by atoms with E-state index in [1.165, 1.54) is 0 Å². The van der Waals surface area contributed by atoms with Crippen molar-refractivity contribution in [1.82, 2.24) is 0 Å². The highest BCUT2D eigenvalue weighted by Gasteiger charge is 2.55. The Balaban J connectivity index is 2.18. The molecule has 2 aromatic rings. The van der Waals surface area contributed by atoms with Gasteiger partial charge in [-0.15, -0.1) is 11.8 Å². The quantitative estimate of drug-likeness (QED) is 0.406. The SMILES string of the molecule is CC(C)(C)C1=CC=C(N)C(C)(Sc2ccccc2N)C1(N)Sc1ccccc1N. The first kappa shape index (κ1) is 21.7. The van der Waals surface area contributed by atoms with E-state index in [0.29, 0.717) is 17.1 Å². The lowest BCUT2D eigenvalue weighted by atomic mass is 9.74. The van der Waals surface area contributed by atoms with Gasteiger partial charge in [0.2, 0.25) is 0 Å². The first-order valence-corrected chi connectivity index (χ1v) is 11.2. The molecular formula is C23H30N4S2. The van der Waals surface area contributed by atoms with Gasteiger partial charge in [0.25, 0.3) is 0 Å². The summed E-state index contributed by atoms with van der Waals surface area (Å²) >= 11 is 3.17. The maximum atomic E-state index is 7.31. The lowest BCUT2D eigenvalue weighted by Crippen LogP contribution is -2.61. The van der Waals surface area contributed by atoms with E-state index in [1.807, 2.05) is 54.6 Å². The molecule has 2 atom stereocenters. The van der Waals surface area contributed by atoms with Gasteiger partial charge in [0, 0.05) is 26.9 Å². The summed E-state index contributed by atoms with van der Waals surface area (Å²) in [5.41, 5.74) is 29.6. The Morgan fingerprint density at radius 1 is 0.759 bits per heavy atom. The van der Waals surface area contributed by atoms with Crippen LogP contribution in [0, 0.1) is 5.41 Å². The number of nitrogen functional groups attached to an aromatic ring is 2. The van der Waals surface area contributed by atoms with E-state index in [0.717, 1.165) is 15.4 Å². The molecule has 0 aromatic heterocycles. The maximum absolute atomic E-state index is 7.31. The van der Waals surface area contributed by atoms with Crippen LogP contribution < -0.4 is 22.9 Å². The van der Waals surface area contributed by atoms with E-state index in [1.54, 1.807) is 23.5 Å². The standard InChI is InChI=1S/C23H30N4S2/c1-21(2,3)19-13-14-20(26)22(4,28-17-11-7-5-9-15(17)24)23(19,27)29-18-12-8-6-10-16(18)25/h5-14H,24-27H2,1-4H3. The molecule has 3 rings (SSSR count). The third kappa shape index (κ3) is 3.89. The molecule has 6 heteroatoms. The van der Waals surface area contributed by atoms with Gasteiger partial charge >= 0.3 is 0 Å². The zero-order valence-electron chi connectivity index (χ0n) is 17.4. The van der Waals surface area contributed by atoms with Gasteiger partial charge in [-0.1, -0.05) is 62.9 Å². The second-order valence-electron chi connectivity index (χ2n) is 8.50. The van der Waals surface area contributed by atoms with Crippen molar-refractivity contribution in [3.63, 3.8) is 0 Å². The van der Waals surface area contributed by atoms with Gasteiger partial charge in [0.15, 0.2) is 0 Å². The van der Waals surface area contributed by atoms with Gasteiger partial charge < -0.3 is 22.9 Å². The van der Waals surface area contributed by atoms with Crippen molar-refractivity contribution in [3.8, 4) is 0 Å². The van der Waals surface area contributed by atoms with Gasteiger partial charge in [-0.25, -0.2) is 0 Å². The molecule has 2 unspecified atom stereocenters. The molecule has 1 aliphatic carbocycles. The lowest BCUT2D eigenvalue weighted by molar-refractivity contribution is 0.411. The highest BCUT2D eigenvalue weighted by molar-refractivity contribution is 8.05. The summed E-state index contributed by atoms with van der Waals surface area (Å²) in [5, 5.41) is 0. The summed E-state index contributed by atoms with van der Waals surface area (Å²) in [4.78, 5) is 1.05. The van der Waals surface area contributed by atoms with Crippen LogP contribution >= 0.6 is 23.5 Å². The third-order valence-corrected chi connectivity index (χ3v) is 8.55. The van der Waals surface area contributed by atoms with Crippen LogP contribution in [0.15, 0.2) is 81.7 Å². The van der Waals surface area contributed by atoms with Gasteiger partial charge in [-0.2, -0.15) is 0 Å². The molecule has 29 heavy (non-hydrogen) atoms. The minimum Gasteiger partial charge on any atom is -0.401 e. The maximum Gasteiger partial charge on any atom is 0.110 e. The smallest absolute Gasteiger partial charge is 0.110 e. The van der Waals surface area contributed by atoms with E-state index in [-0.39, 0.29) is 5.41 Å². The van der Waals surface area contributed by atoms with Crippen LogP contribution in [0.4, 0.5) is 11.4 Å². The minimum absolute atomic E-state index is 0.160. The summed E-state index contributed by atoms with van der Waals surface area (Å²) in [6.07, 6.45) is 4.05. The van der Waals surface area contributed by atoms with Crippen molar-refractivity contribution >= 4 is 34.9 Å². The number of para-hydroxylation sites is 2. The molecule has 0 radical (unpaired) electrons. The number of anilines is 2. The molecule has 0 saturated heterocycles.